The van der Waals surface area contributed by atoms with E-state index in [2.05, 4.69) is 15.0 Å². The van der Waals surface area contributed by atoms with E-state index in [0.29, 0.717) is 25.3 Å². The molecule has 1 aromatic heterocycles. The van der Waals surface area contributed by atoms with Gasteiger partial charge in [0.15, 0.2) is 0 Å². The summed E-state index contributed by atoms with van der Waals surface area (Å²) in [6.07, 6.45) is 1.61. The number of ether oxygens (including phenoxy) is 1. The van der Waals surface area contributed by atoms with E-state index in [1.54, 1.807) is 24.5 Å². The molecule has 1 aliphatic rings. The van der Waals surface area contributed by atoms with Gasteiger partial charge in [-0.25, -0.2) is 8.42 Å². The van der Waals surface area contributed by atoms with Gasteiger partial charge in [0.1, 0.15) is 24.2 Å². The maximum absolute atomic E-state index is 13.0. The number of hydrogen-bond donors (Lipinski definition) is 2. The molecule has 3 aromatic rings. The van der Waals surface area contributed by atoms with Crippen molar-refractivity contribution < 1.29 is 22.4 Å². The van der Waals surface area contributed by atoms with Crippen molar-refractivity contribution in [1.82, 2.24) is 10.0 Å². The van der Waals surface area contributed by atoms with Gasteiger partial charge in [-0.2, -0.15) is 0 Å². The number of rotatable bonds is 9. The number of nitrogens with zero attached hydrogens (tertiary/aromatic N) is 1. The fourth-order valence-electron chi connectivity index (χ4n) is 3.67. The van der Waals surface area contributed by atoms with Crippen molar-refractivity contribution in [2.75, 3.05) is 0 Å². The normalized spacial score (nSPS) is 16.3. The van der Waals surface area contributed by atoms with Crippen LogP contribution < -0.4 is 10.0 Å². The van der Waals surface area contributed by atoms with E-state index in [4.69, 9.17) is 9.15 Å². The summed E-state index contributed by atoms with van der Waals surface area (Å²) in [4.78, 5) is 17.6. The van der Waals surface area contributed by atoms with Crippen LogP contribution in [0, 0.1) is 5.92 Å². The lowest BCUT2D eigenvalue weighted by molar-refractivity contribution is -0.123. The van der Waals surface area contributed by atoms with Crippen molar-refractivity contribution in [1.29, 1.82) is 0 Å². The van der Waals surface area contributed by atoms with Gasteiger partial charge >= 0.3 is 0 Å². The average molecular weight is 482 g/mol. The zero-order valence-electron chi connectivity index (χ0n) is 19.0. The number of fused-ring (bicyclic) bond motifs is 1. The Morgan fingerprint density at radius 3 is 2.62 bits per heavy atom. The Morgan fingerprint density at radius 1 is 1.06 bits per heavy atom. The highest BCUT2D eigenvalue weighted by Crippen LogP contribution is 2.23. The second kappa shape index (κ2) is 10.2. The fraction of sp³-hybridized carbons (Fsp3) is 0.280. The summed E-state index contributed by atoms with van der Waals surface area (Å²) in [6.45, 7) is 4.88. The monoisotopic (exact) mass is 481 g/mol. The first kappa shape index (κ1) is 23.7. The summed E-state index contributed by atoms with van der Waals surface area (Å²) in [7, 11) is -3.66. The van der Waals surface area contributed by atoms with Crippen molar-refractivity contribution in [3.8, 4) is 0 Å². The number of aliphatic imine (C=N–C) groups is 1. The van der Waals surface area contributed by atoms with Crippen LogP contribution in [0.5, 0.6) is 0 Å². The molecule has 4 rings (SSSR count). The standard InChI is InChI=1S/C25H27N3O5S/c1-17(2)23(27-24-21-10-3-4-11-22(21)34(30,31)28-24)25(29)26-14-18-7-5-8-19(13-18)15-32-16-20-9-6-12-33-20/h3-13,17,23H,14-16H2,1-2H3,(H,26,29)(H,27,28)/t23-/m0/s1. The molecular weight excluding hydrogens is 454 g/mol. The number of carbonyl (C=O) groups is 1. The number of amidine groups is 1. The van der Waals surface area contributed by atoms with Crippen molar-refractivity contribution in [3.63, 3.8) is 0 Å². The topological polar surface area (TPSA) is 110 Å². The van der Waals surface area contributed by atoms with Crippen LogP contribution in [0.3, 0.4) is 0 Å². The molecule has 2 N–H and O–H groups in total. The van der Waals surface area contributed by atoms with Gasteiger partial charge in [-0.15, -0.1) is 0 Å². The van der Waals surface area contributed by atoms with Crippen LogP contribution in [0.4, 0.5) is 0 Å². The SMILES string of the molecule is CC(C)[C@H](N=C1NS(=O)(=O)c2ccccc21)C(=O)NCc1cccc(COCc2ccco2)c1. The second-order valence-electron chi connectivity index (χ2n) is 8.38. The van der Waals surface area contributed by atoms with Crippen molar-refractivity contribution in [2.24, 2.45) is 10.9 Å². The summed E-state index contributed by atoms with van der Waals surface area (Å²) in [5, 5.41) is 2.93. The smallest absolute Gasteiger partial charge is 0.263 e. The van der Waals surface area contributed by atoms with E-state index in [-0.39, 0.29) is 22.6 Å². The maximum Gasteiger partial charge on any atom is 0.263 e. The lowest BCUT2D eigenvalue weighted by Crippen LogP contribution is -2.38. The Hall–Kier alpha value is -3.43. The van der Waals surface area contributed by atoms with Crippen LogP contribution in [0.25, 0.3) is 0 Å². The van der Waals surface area contributed by atoms with E-state index in [1.807, 2.05) is 50.2 Å². The zero-order valence-corrected chi connectivity index (χ0v) is 19.8. The van der Waals surface area contributed by atoms with E-state index in [9.17, 15) is 13.2 Å². The summed E-state index contributed by atoms with van der Waals surface area (Å²) in [5.41, 5.74) is 2.38. The lowest BCUT2D eigenvalue weighted by atomic mass is 10.0. The van der Waals surface area contributed by atoms with E-state index in [0.717, 1.165) is 16.9 Å². The highest BCUT2D eigenvalue weighted by atomic mass is 32.2. The molecule has 0 bridgehead atoms. The number of benzene rings is 2. The first-order chi connectivity index (χ1) is 16.3. The van der Waals surface area contributed by atoms with Crippen LogP contribution in [0.15, 0.2) is 81.2 Å². The molecule has 0 fully saturated rings. The third-order valence-electron chi connectivity index (χ3n) is 5.38. The van der Waals surface area contributed by atoms with Crippen molar-refractivity contribution >= 4 is 21.8 Å². The first-order valence-electron chi connectivity index (χ1n) is 11.0. The zero-order chi connectivity index (χ0) is 24.1. The molecular formula is C25H27N3O5S. The molecule has 0 spiro atoms. The minimum Gasteiger partial charge on any atom is -0.467 e. The molecule has 178 valence electrons. The van der Waals surface area contributed by atoms with Crippen molar-refractivity contribution in [2.45, 2.75) is 44.5 Å². The summed E-state index contributed by atoms with van der Waals surface area (Å²) in [5.74, 6) is 0.550. The molecule has 0 aliphatic carbocycles. The maximum atomic E-state index is 13.0. The molecule has 9 heteroatoms. The van der Waals surface area contributed by atoms with Gasteiger partial charge in [0.25, 0.3) is 10.0 Å². The predicted octanol–water partition coefficient (Wildman–Crippen LogP) is 3.38. The molecule has 0 unspecified atom stereocenters. The number of furan rings is 1. The quantitative estimate of drug-likeness (QED) is 0.487. The van der Waals surface area contributed by atoms with E-state index >= 15 is 0 Å². The molecule has 34 heavy (non-hydrogen) atoms. The highest BCUT2D eigenvalue weighted by molar-refractivity contribution is 7.90. The molecule has 0 saturated heterocycles. The van der Waals surface area contributed by atoms with Gasteiger partial charge in [-0.1, -0.05) is 50.2 Å². The van der Waals surface area contributed by atoms with Crippen LogP contribution in [0.1, 0.15) is 36.3 Å². The molecule has 2 heterocycles. The van der Waals surface area contributed by atoms with Gasteiger partial charge in [-0.05, 0) is 41.3 Å². The number of sulfonamides is 1. The molecule has 1 amide bonds. The summed E-state index contributed by atoms with van der Waals surface area (Å²) in [6, 6.07) is 17.3. The van der Waals surface area contributed by atoms with Gasteiger partial charge in [0, 0.05) is 12.1 Å². The third kappa shape index (κ3) is 5.55. The molecule has 8 nitrogen and oxygen atoms in total. The molecule has 1 atom stereocenters. The van der Waals surface area contributed by atoms with Gasteiger partial charge < -0.3 is 14.5 Å². The number of carbonyl (C=O) groups excluding carboxylic acids is 1. The van der Waals surface area contributed by atoms with Gasteiger partial charge in [0.05, 0.1) is 17.8 Å². The Labute approximate surface area is 199 Å². The molecule has 2 aromatic carbocycles. The summed E-state index contributed by atoms with van der Waals surface area (Å²) >= 11 is 0. The van der Waals surface area contributed by atoms with Crippen LogP contribution >= 0.6 is 0 Å². The highest BCUT2D eigenvalue weighted by Gasteiger charge is 2.32. The Morgan fingerprint density at radius 2 is 1.85 bits per heavy atom. The van der Waals surface area contributed by atoms with Gasteiger partial charge in [-0.3, -0.25) is 14.5 Å². The van der Waals surface area contributed by atoms with Crippen LogP contribution in [-0.4, -0.2) is 26.2 Å². The molecule has 0 saturated carbocycles. The fourth-order valence-corrected chi connectivity index (χ4v) is 4.91. The second-order valence-corrected chi connectivity index (χ2v) is 10.0. The predicted molar refractivity (Wildman–Crippen MR) is 127 cm³/mol. The number of hydrogen-bond acceptors (Lipinski definition) is 6. The largest absolute Gasteiger partial charge is 0.467 e. The van der Waals surface area contributed by atoms with Gasteiger partial charge in [0.2, 0.25) is 5.91 Å². The summed E-state index contributed by atoms with van der Waals surface area (Å²) < 4.78 is 38.1. The third-order valence-corrected chi connectivity index (χ3v) is 6.78. The lowest BCUT2D eigenvalue weighted by Gasteiger charge is -2.17. The van der Waals surface area contributed by atoms with Crippen LogP contribution in [0.2, 0.25) is 0 Å². The minimum atomic E-state index is -3.66. The molecule has 0 radical (unpaired) electrons. The Balaban J connectivity index is 1.40. The number of amides is 1. The van der Waals surface area contributed by atoms with E-state index in [1.165, 1.54) is 6.07 Å². The first-order valence-corrected chi connectivity index (χ1v) is 12.5. The molecule has 1 aliphatic heterocycles. The minimum absolute atomic E-state index is 0.133. The Kier molecular flexibility index (Phi) is 7.14. The van der Waals surface area contributed by atoms with Crippen LogP contribution in [-0.2, 0) is 39.3 Å². The number of nitrogens with one attached hydrogen (secondary N) is 2. The van der Waals surface area contributed by atoms with E-state index < -0.39 is 16.1 Å². The Bertz CT molecular complexity index is 1280. The average Bonchev–Trinajstić information content (AvgIpc) is 3.42. The van der Waals surface area contributed by atoms with Crippen molar-refractivity contribution in [3.05, 3.63) is 89.4 Å².